The van der Waals surface area contributed by atoms with Crippen molar-refractivity contribution in [3.8, 4) is 11.5 Å². The van der Waals surface area contributed by atoms with Crippen LogP contribution in [0.2, 0.25) is 0 Å². The first-order valence-corrected chi connectivity index (χ1v) is 10.4. The number of likely N-dealkylation sites (tertiary alicyclic amines) is 1. The lowest BCUT2D eigenvalue weighted by atomic mass is 9.88. The van der Waals surface area contributed by atoms with Crippen LogP contribution in [0.1, 0.15) is 40.2 Å². The van der Waals surface area contributed by atoms with Crippen LogP contribution in [0, 0.1) is 0 Å². The molecule has 1 heterocycles. The highest BCUT2D eigenvalue weighted by atomic mass is 16.6. The van der Waals surface area contributed by atoms with Gasteiger partial charge in [0.1, 0.15) is 23.1 Å². The molecular weight excluding hydrogens is 416 g/mol. The summed E-state index contributed by atoms with van der Waals surface area (Å²) in [5.74, 6) is 0.379. The lowest BCUT2D eigenvalue weighted by Gasteiger charge is -2.48. The molecule has 1 aliphatic heterocycles. The molecule has 32 heavy (non-hydrogen) atoms. The van der Waals surface area contributed by atoms with Crippen LogP contribution in [0.4, 0.5) is 4.79 Å². The second kappa shape index (κ2) is 10.4. The van der Waals surface area contributed by atoms with Crippen molar-refractivity contribution >= 4 is 18.0 Å². The van der Waals surface area contributed by atoms with Crippen LogP contribution in [-0.2, 0) is 25.6 Å². The summed E-state index contributed by atoms with van der Waals surface area (Å²) < 4.78 is 20.9. The molecule has 2 amide bonds. The molecule has 1 fully saturated rings. The number of hydrogen-bond donors (Lipinski definition) is 1. The minimum Gasteiger partial charge on any atom is -0.497 e. The fourth-order valence-corrected chi connectivity index (χ4v) is 3.43. The molecule has 0 spiro atoms. The molecule has 1 saturated heterocycles. The smallest absolute Gasteiger partial charge is 0.408 e. The number of ether oxygens (including phenoxy) is 4. The van der Waals surface area contributed by atoms with Gasteiger partial charge in [0, 0.05) is 17.7 Å². The molecule has 1 aromatic carbocycles. The maximum atomic E-state index is 13.0. The van der Waals surface area contributed by atoms with Gasteiger partial charge in [-0.1, -0.05) is 0 Å². The number of carbonyl (C=O) groups excluding carboxylic acids is 3. The van der Waals surface area contributed by atoms with Crippen LogP contribution in [0.15, 0.2) is 29.8 Å². The molecule has 1 aromatic rings. The average Bonchev–Trinajstić information content (AvgIpc) is 2.71. The standard InChI is InChI=1S/C23H32N2O7/c1-8-31-18(26)11-14(2)20-19(24-22(28)32-23(3,4)5)21(27)25(20)13-15-9-10-16(29-6)12-17(15)30-7/h9-12,19-20H,8,13H2,1-7H3,(H,24,28)/t19-,20+/m0/s1. The van der Waals surface area contributed by atoms with Gasteiger partial charge in [-0.15, -0.1) is 0 Å². The predicted molar refractivity (Wildman–Crippen MR) is 117 cm³/mol. The molecular formula is C23H32N2O7. The minimum absolute atomic E-state index is 0.219. The second-order valence-corrected chi connectivity index (χ2v) is 8.35. The minimum atomic E-state index is -0.861. The van der Waals surface area contributed by atoms with E-state index in [2.05, 4.69) is 5.32 Å². The third kappa shape index (κ3) is 6.15. The molecule has 9 nitrogen and oxygen atoms in total. The van der Waals surface area contributed by atoms with Gasteiger partial charge in [-0.05, 0) is 52.3 Å². The third-order valence-electron chi connectivity index (χ3n) is 4.81. The summed E-state index contributed by atoms with van der Waals surface area (Å²) in [4.78, 5) is 38.8. The van der Waals surface area contributed by atoms with E-state index in [1.54, 1.807) is 64.8 Å². The lowest BCUT2D eigenvalue weighted by Crippen LogP contribution is -2.70. The van der Waals surface area contributed by atoms with Crippen LogP contribution >= 0.6 is 0 Å². The van der Waals surface area contributed by atoms with E-state index < -0.39 is 29.7 Å². The van der Waals surface area contributed by atoms with Crippen molar-refractivity contribution in [1.29, 1.82) is 0 Å². The number of alkyl carbamates (subject to hydrolysis) is 1. The first kappa shape index (κ1) is 25.0. The van der Waals surface area contributed by atoms with Crippen molar-refractivity contribution < 1.29 is 33.3 Å². The van der Waals surface area contributed by atoms with Crippen molar-refractivity contribution in [2.24, 2.45) is 0 Å². The number of nitrogens with one attached hydrogen (secondary N) is 1. The van der Waals surface area contributed by atoms with Gasteiger partial charge >= 0.3 is 12.1 Å². The van der Waals surface area contributed by atoms with Crippen molar-refractivity contribution in [2.45, 2.75) is 58.8 Å². The van der Waals surface area contributed by atoms with E-state index in [1.165, 1.54) is 13.2 Å². The van der Waals surface area contributed by atoms with Gasteiger partial charge in [0.15, 0.2) is 0 Å². The molecule has 0 unspecified atom stereocenters. The maximum Gasteiger partial charge on any atom is 0.408 e. The molecule has 0 saturated carbocycles. The molecule has 176 valence electrons. The fraction of sp³-hybridized carbons (Fsp3) is 0.522. The second-order valence-electron chi connectivity index (χ2n) is 8.35. The Kier molecular flexibility index (Phi) is 8.13. The highest BCUT2D eigenvalue weighted by Crippen LogP contribution is 2.33. The topological polar surface area (TPSA) is 103 Å². The highest BCUT2D eigenvalue weighted by Gasteiger charge is 2.49. The van der Waals surface area contributed by atoms with Crippen LogP contribution in [-0.4, -0.2) is 61.4 Å². The van der Waals surface area contributed by atoms with Gasteiger partial charge in [0.25, 0.3) is 0 Å². The number of nitrogens with zero attached hydrogens (tertiary/aromatic N) is 1. The number of carbonyl (C=O) groups is 3. The van der Waals surface area contributed by atoms with E-state index in [1.807, 2.05) is 0 Å². The van der Waals surface area contributed by atoms with Crippen molar-refractivity contribution in [1.82, 2.24) is 10.2 Å². The molecule has 0 radical (unpaired) electrons. The van der Waals surface area contributed by atoms with E-state index in [0.29, 0.717) is 17.1 Å². The lowest BCUT2D eigenvalue weighted by molar-refractivity contribution is -0.150. The highest BCUT2D eigenvalue weighted by molar-refractivity contribution is 5.94. The van der Waals surface area contributed by atoms with Crippen molar-refractivity contribution in [2.75, 3.05) is 20.8 Å². The van der Waals surface area contributed by atoms with E-state index in [9.17, 15) is 14.4 Å². The Morgan fingerprint density at radius 3 is 2.44 bits per heavy atom. The molecule has 2 rings (SSSR count). The van der Waals surface area contributed by atoms with Crippen LogP contribution in [0.5, 0.6) is 11.5 Å². The third-order valence-corrected chi connectivity index (χ3v) is 4.81. The van der Waals surface area contributed by atoms with E-state index in [-0.39, 0.29) is 19.1 Å². The normalized spacial score (nSPS) is 18.5. The van der Waals surface area contributed by atoms with Crippen molar-refractivity contribution in [3.05, 3.63) is 35.4 Å². The molecule has 2 atom stereocenters. The summed E-state index contributed by atoms with van der Waals surface area (Å²) in [6.45, 7) is 9.09. The Balaban J connectivity index is 2.30. The summed E-state index contributed by atoms with van der Waals surface area (Å²) in [5.41, 5.74) is 0.626. The zero-order valence-corrected chi connectivity index (χ0v) is 19.7. The molecule has 0 aromatic heterocycles. The van der Waals surface area contributed by atoms with Gasteiger partial charge in [-0.25, -0.2) is 9.59 Å². The molecule has 1 aliphatic rings. The summed E-state index contributed by atoms with van der Waals surface area (Å²) in [6.07, 6.45) is 0.634. The van der Waals surface area contributed by atoms with Gasteiger partial charge in [-0.2, -0.15) is 0 Å². The van der Waals surface area contributed by atoms with E-state index >= 15 is 0 Å². The Hall–Kier alpha value is -3.23. The quantitative estimate of drug-likeness (QED) is 0.370. The summed E-state index contributed by atoms with van der Waals surface area (Å²) >= 11 is 0. The number of esters is 1. The van der Waals surface area contributed by atoms with Crippen LogP contribution in [0.25, 0.3) is 0 Å². The Morgan fingerprint density at radius 2 is 1.88 bits per heavy atom. The molecule has 9 heteroatoms. The number of rotatable bonds is 8. The van der Waals surface area contributed by atoms with Crippen LogP contribution < -0.4 is 14.8 Å². The largest absolute Gasteiger partial charge is 0.497 e. The zero-order valence-electron chi connectivity index (χ0n) is 19.7. The Morgan fingerprint density at radius 1 is 1.19 bits per heavy atom. The number of β-lactam (4-membered cyclic amide) rings is 1. The van der Waals surface area contributed by atoms with Crippen LogP contribution in [0.3, 0.4) is 0 Å². The van der Waals surface area contributed by atoms with Gasteiger partial charge in [0.05, 0.1) is 33.4 Å². The monoisotopic (exact) mass is 448 g/mol. The van der Waals surface area contributed by atoms with E-state index in [0.717, 1.165) is 5.56 Å². The maximum absolute atomic E-state index is 13.0. The Bertz CT molecular complexity index is 889. The molecule has 1 N–H and O–H groups in total. The Labute approximate surface area is 188 Å². The zero-order chi connectivity index (χ0) is 24.1. The number of methoxy groups -OCH3 is 2. The number of benzene rings is 1. The summed E-state index contributed by atoms with van der Waals surface area (Å²) in [6, 6.07) is 3.90. The first-order chi connectivity index (χ1) is 15.0. The molecule has 0 bridgehead atoms. The SMILES string of the molecule is CCOC(=O)C=C(C)[C@@H]1[C@H](NC(=O)OC(C)(C)C)C(=O)N1Cc1ccc(OC)cc1OC. The number of amides is 2. The fourth-order valence-electron chi connectivity index (χ4n) is 3.43. The first-order valence-electron chi connectivity index (χ1n) is 10.4. The molecule has 0 aliphatic carbocycles. The number of hydrogen-bond acceptors (Lipinski definition) is 7. The predicted octanol–water partition coefficient (Wildman–Crippen LogP) is 2.82. The van der Waals surface area contributed by atoms with Crippen molar-refractivity contribution in [3.63, 3.8) is 0 Å². The van der Waals surface area contributed by atoms with Gasteiger partial charge in [0.2, 0.25) is 5.91 Å². The van der Waals surface area contributed by atoms with Gasteiger partial charge < -0.3 is 29.2 Å². The average molecular weight is 449 g/mol. The van der Waals surface area contributed by atoms with Gasteiger partial charge in [-0.3, -0.25) is 4.79 Å². The summed E-state index contributed by atoms with van der Waals surface area (Å²) in [7, 11) is 3.09. The van der Waals surface area contributed by atoms with E-state index in [4.69, 9.17) is 18.9 Å². The summed E-state index contributed by atoms with van der Waals surface area (Å²) in [5, 5.41) is 2.62.